The van der Waals surface area contributed by atoms with Crippen molar-refractivity contribution in [2.75, 3.05) is 17.7 Å². The van der Waals surface area contributed by atoms with Crippen LogP contribution in [-0.2, 0) is 0 Å². The van der Waals surface area contributed by atoms with Crippen LogP contribution in [0.15, 0.2) is 58.6 Å². The standard InChI is InChI=1S/C16H16N2OS/c1-20-16-9-5-4-8-15(16)18-11-10-13(17-19)12-6-2-3-7-14(12)18/h2-9,19H,10-11H2,1H3/b17-13+. The molecule has 0 aromatic heterocycles. The largest absolute Gasteiger partial charge is 0.411 e. The fourth-order valence-electron chi connectivity index (χ4n) is 2.63. The first-order valence-electron chi connectivity index (χ1n) is 6.56. The molecule has 1 N–H and O–H groups in total. The van der Waals surface area contributed by atoms with Gasteiger partial charge in [0.15, 0.2) is 0 Å². The molecule has 1 heterocycles. The molecule has 20 heavy (non-hydrogen) atoms. The molecule has 102 valence electrons. The van der Waals surface area contributed by atoms with Crippen molar-refractivity contribution in [2.24, 2.45) is 5.16 Å². The highest BCUT2D eigenvalue weighted by molar-refractivity contribution is 7.98. The van der Waals surface area contributed by atoms with Crippen molar-refractivity contribution in [2.45, 2.75) is 11.3 Å². The molecular weight excluding hydrogens is 268 g/mol. The van der Waals surface area contributed by atoms with E-state index in [1.807, 2.05) is 18.2 Å². The normalized spacial score (nSPS) is 16.2. The topological polar surface area (TPSA) is 35.8 Å². The molecule has 0 unspecified atom stereocenters. The van der Waals surface area contributed by atoms with Crippen molar-refractivity contribution in [3.05, 3.63) is 54.1 Å². The molecule has 0 atom stereocenters. The molecule has 0 radical (unpaired) electrons. The van der Waals surface area contributed by atoms with E-state index in [0.717, 1.165) is 29.9 Å². The van der Waals surface area contributed by atoms with Crippen LogP contribution in [0, 0.1) is 0 Å². The zero-order chi connectivity index (χ0) is 13.9. The Bertz CT molecular complexity index is 654. The number of oxime groups is 1. The molecule has 2 aromatic rings. The van der Waals surface area contributed by atoms with Crippen LogP contribution in [-0.4, -0.2) is 23.7 Å². The fourth-order valence-corrected chi connectivity index (χ4v) is 3.23. The molecule has 1 aliphatic rings. The number of para-hydroxylation sites is 2. The molecule has 0 fully saturated rings. The third-order valence-corrected chi connectivity index (χ3v) is 4.36. The predicted molar refractivity (Wildman–Crippen MR) is 84.6 cm³/mol. The smallest absolute Gasteiger partial charge is 0.0906 e. The van der Waals surface area contributed by atoms with Crippen molar-refractivity contribution in [3.8, 4) is 0 Å². The first-order chi connectivity index (χ1) is 9.85. The summed E-state index contributed by atoms with van der Waals surface area (Å²) in [5.74, 6) is 0. The van der Waals surface area contributed by atoms with Crippen LogP contribution in [0.4, 0.5) is 11.4 Å². The highest BCUT2D eigenvalue weighted by Gasteiger charge is 2.23. The summed E-state index contributed by atoms with van der Waals surface area (Å²) in [4.78, 5) is 3.56. The maximum Gasteiger partial charge on any atom is 0.0906 e. The number of hydrogen-bond acceptors (Lipinski definition) is 4. The van der Waals surface area contributed by atoms with E-state index in [4.69, 9.17) is 5.21 Å². The second-order valence-corrected chi connectivity index (χ2v) is 5.49. The third-order valence-electron chi connectivity index (χ3n) is 3.57. The maximum absolute atomic E-state index is 9.16. The van der Waals surface area contributed by atoms with Gasteiger partial charge in [-0.2, -0.15) is 0 Å². The monoisotopic (exact) mass is 284 g/mol. The van der Waals surface area contributed by atoms with Gasteiger partial charge in [-0.15, -0.1) is 11.8 Å². The van der Waals surface area contributed by atoms with Crippen molar-refractivity contribution in [1.82, 2.24) is 0 Å². The van der Waals surface area contributed by atoms with E-state index in [-0.39, 0.29) is 0 Å². The zero-order valence-corrected chi connectivity index (χ0v) is 12.1. The van der Waals surface area contributed by atoms with E-state index < -0.39 is 0 Å². The van der Waals surface area contributed by atoms with Crippen molar-refractivity contribution >= 4 is 28.8 Å². The number of benzene rings is 2. The van der Waals surface area contributed by atoms with Crippen molar-refractivity contribution < 1.29 is 5.21 Å². The number of thioether (sulfide) groups is 1. The van der Waals surface area contributed by atoms with Gasteiger partial charge in [-0.3, -0.25) is 0 Å². The Labute approximate surface area is 122 Å². The predicted octanol–water partition coefficient (Wildman–Crippen LogP) is 4.13. The Morgan fingerprint density at radius 3 is 2.50 bits per heavy atom. The highest BCUT2D eigenvalue weighted by Crippen LogP contribution is 2.38. The van der Waals surface area contributed by atoms with Gasteiger partial charge in [-0.25, -0.2) is 0 Å². The summed E-state index contributed by atoms with van der Waals surface area (Å²) >= 11 is 1.75. The lowest BCUT2D eigenvalue weighted by molar-refractivity contribution is 0.318. The molecular formula is C16H16N2OS. The second-order valence-electron chi connectivity index (χ2n) is 4.64. The molecule has 3 nitrogen and oxygen atoms in total. The Morgan fingerprint density at radius 2 is 1.75 bits per heavy atom. The van der Waals surface area contributed by atoms with Crippen LogP contribution in [0.3, 0.4) is 0 Å². The van der Waals surface area contributed by atoms with Gasteiger partial charge in [-0.1, -0.05) is 35.5 Å². The molecule has 0 saturated heterocycles. The van der Waals surface area contributed by atoms with E-state index in [9.17, 15) is 0 Å². The van der Waals surface area contributed by atoms with Crippen LogP contribution in [0.5, 0.6) is 0 Å². The SMILES string of the molecule is CSc1ccccc1N1CC/C(=N\O)c2ccccc21. The number of anilines is 2. The number of hydrogen-bond donors (Lipinski definition) is 1. The van der Waals surface area contributed by atoms with Crippen LogP contribution in [0.25, 0.3) is 0 Å². The molecule has 0 bridgehead atoms. The summed E-state index contributed by atoms with van der Waals surface area (Å²) in [6.07, 6.45) is 2.84. The quantitative estimate of drug-likeness (QED) is 0.512. The molecule has 1 aliphatic heterocycles. The van der Waals surface area contributed by atoms with Crippen LogP contribution in [0.1, 0.15) is 12.0 Å². The number of fused-ring (bicyclic) bond motifs is 1. The van der Waals surface area contributed by atoms with Crippen LogP contribution in [0.2, 0.25) is 0 Å². The van der Waals surface area contributed by atoms with Crippen LogP contribution >= 0.6 is 11.8 Å². The van der Waals surface area contributed by atoms with E-state index in [0.29, 0.717) is 0 Å². The van der Waals surface area contributed by atoms with Crippen LogP contribution < -0.4 is 4.90 Å². The van der Waals surface area contributed by atoms with E-state index >= 15 is 0 Å². The lowest BCUT2D eigenvalue weighted by atomic mass is 9.99. The zero-order valence-electron chi connectivity index (χ0n) is 11.3. The molecule has 0 spiro atoms. The third kappa shape index (κ3) is 2.16. The Kier molecular flexibility index (Phi) is 3.65. The Balaban J connectivity index is 2.12. The number of rotatable bonds is 2. The van der Waals surface area contributed by atoms with Gasteiger partial charge in [0.1, 0.15) is 0 Å². The molecule has 2 aromatic carbocycles. The van der Waals surface area contributed by atoms with Crippen molar-refractivity contribution in [3.63, 3.8) is 0 Å². The summed E-state index contributed by atoms with van der Waals surface area (Å²) in [6.45, 7) is 0.827. The second kappa shape index (κ2) is 5.59. The lowest BCUT2D eigenvalue weighted by Crippen LogP contribution is -2.28. The first kappa shape index (κ1) is 13.1. The van der Waals surface area contributed by atoms with Crippen molar-refractivity contribution in [1.29, 1.82) is 0 Å². The fraction of sp³-hybridized carbons (Fsp3) is 0.188. The Hall–Kier alpha value is -1.94. The summed E-state index contributed by atoms with van der Waals surface area (Å²) in [6, 6.07) is 16.5. The van der Waals surface area contributed by atoms with Gasteiger partial charge in [0.25, 0.3) is 0 Å². The minimum atomic E-state index is 0.746. The van der Waals surface area contributed by atoms with E-state index in [1.165, 1.54) is 10.6 Å². The average Bonchev–Trinajstić information content (AvgIpc) is 2.53. The summed E-state index contributed by atoms with van der Waals surface area (Å²) in [5.41, 5.74) is 4.09. The van der Waals surface area contributed by atoms with E-state index in [1.54, 1.807) is 11.8 Å². The molecule has 4 heteroatoms. The average molecular weight is 284 g/mol. The summed E-state index contributed by atoms with van der Waals surface area (Å²) < 4.78 is 0. The summed E-state index contributed by atoms with van der Waals surface area (Å²) in [7, 11) is 0. The molecule has 0 amide bonds. The molecule has 3 rings (SSSR count). The first-order valence-corrected chi connectivity index (χ1v) is 7.78. The lowest BCUT2D eigenvalue weighted by Gasteiger charge is -2.32. The molecule has 0 aliphatic carbocycles. The highest BCUT2D eigenvalue weighted by atomic mass is 32.2. The summed E-state index contributed by atoms with van der Waals surface area (Å²) in [5, 5.41) is 12.6. The number of nitrogens with zero attached hydrogens (tertiary/aromatic N) is 2. The van der Waals surface area contributed by atoms with Gasteiger partial charge in [-0.05, 0) is 24.5 Å². The Morgan fingerprint density at radius 1 is 1.05 bits per heavy atom. The van der Waals surface area contributed by atoms with Gasteiger partial charge < -0.3 is 10.1 Å². The van der Waals surface area contributed by atoms with Gasteiger partial charge in [0, 0.05) is 23.4 Å². The van der Waals surface area contributed by atoms with E-state index in [2.05, 4.69) is 46.6 Å². The minimum Gasteiger partial charge on any atom is -0.411 e. The van der Waals surface area contributed by atoms with Gasteiger partial charge >= 0.3 is 0 Å². The maximum atomic E-state index is 9.16. The minimum absolute atomic E-state index is 0.746. The van der Waals surface area contributed by atoms with Gasteiger partial charge in [0.2, 0.25) is 0 Å². The van der Waals surface area contributed by atoms with Gasteiger partial charge in [0.05, 0.1) is 17.1 Å². The molecule has 0 saturated carbocycles.